The van der Waals surface area contributed by atoms with Gasteiger partial charge in [-0.3, -0.25) is 15.2 Å². The van der Waals surface area contributed by atoms with Gasteiger partial charge in [0, 0.05) is 12.1 Å². The van der Waals surface area contributed by atoms with Gasteiger partial charge in [-0.25, -0.2) is 9.78 Å². The summed E-state index contributed by atoms with van der Waals surface area (Å²) in [6.45, 7) is 4.15. The summed E-state index contributed by atoms with van der Waals surface area (Å²) >= 11 is 6.35. The number of halogens is 4. The molecule has 0 bridgehead atoms. The standard InChI is InChI=1S/C25H33ClN6O.C2HF3O2/c1-3-4-5-8-15-31(2)18-19-11-13-20(14-12-19)25(33)30-32(21-9-6-7-10-21)24-22(26)17-28-23(16-27)29-24;3-2(4,5)1(6)7/h11-14,17,21H,3-10,15,18H2,1-2H3,(H,30,33);(H,6,7). The van der Waals surface area contributed by atoms with Crippen LogP contribution in [-0.4, -0.2) is 57.7 Å². The predicted molar refractivity (Wildman–Crippen MR) is 145 cm³/mol. The van der Waals surface area contributed by atoms with E-state index in [2.05, 4.69) is 34.3 Å². The van der Waals surface area contributed by atoms with Crippen molar-refractivity contribution in [1.29, 1.82) is 5.26 Å². The molecule has 1 amide bonds. The van der Waals surface area contributed by atoms with Crippen molar-refractivity contribution in [2.24, 2.45) is 0 Å². The van der Waals surface area contributed by atoms with Crippen molar-refractivity contribution >= 4 is 29.3 Å². The van der Waals surface area contributed by atoms with Crippen LogP contribution < -0.4 is 10.4 Å². The molecule has 1 aromatic carbocycles. The second kappa shape index (κ2) is 16.0. The Kier molecular flexibility index (Phi) is 13.1. The number of aromatic nitrogens is 2. The van der Waals surface area contributed by atoms with E-state index < -0.39 is 12.1 Å². The highest BCUT2D eigenvalue weighted by atomic mass is 35.5. The molecule has 0 saturated heterocycles. The highest BCUT2D eigenvalue weighted by Crippen LogP contribution is 2.30. The number of carboxylic acids is 1. The van der Waals surface area contributed by atoms with Gasteiger partial charge in [-0.05, 0) is 50.6 Å². The van der Waals surface area contributed by atoms with Gasteiger partial charge >= 0.3 is 12.1 Å². The normalized spacial score (nSPS) is 13.3. The van der Waals surface area contributed by atoms with E-state index in [0.717, 1.165) is 38.8 Å². The Morgan fingerprint density at radius 1 is 1.18 bits per heavy atom. The number of nitriles is 1. The first kappa shape index (κ1) is 32.8. The van der Waals surface area contributed by atoms with Gasteiger partial charge in [-0.2, -0.15) is 23.4 Å². The lowest BCUT2D eigenvalue weighted by Crippen LogP contribution is -2.48. The van der Waals surface area contributed by atoms with Gasteiger partial charge in [0.2, 0.25) is 5.82 Å². The van der Waals surface area contributed by atoms with Gasteiger partial charge in [0.15, 0.2) is 5.82 Å². The summed E-state index contributed by atoms with van der Waals surface area (Å²) in [6, 6.07) is 9.73. The van der Waals surface area contributed by atoms with Gasteiger partial charge in [-0.1, -0.05) is 62.8 Å². The van der Waals surface area contributed by atoms with E-state index in [0.29, 0.717) is 16.4 Å². The summed E-state index contributed by atoms with van der Waals surface area (Å²) in [5, 5.41) is 18.3. The van der Waals surface area contributed by atoms with Crippen LogP contribution in [0.25, 0.3) is 0 Å². The predicted octanol–water partition coefficient (Wildman–Crippen LogP) is 5.74. The Labute approximate surface area is 236 Å². The minimum absolute atomic E-state index is 0.0230. The fraction of sp³-hybridized carbons (Fsp3) is 0.519. The zero-order valence-electron chi connectivity index (χ0n) is 22.5. The second-order valence-corrected chi connectivity index (χ2v) is 9.93. The summed E-state index contributed by atoms with van der Waals surface area (Å²) in [4.78, 5) is 32.5. The summed E-state index contributed by atoms with van der Waals surface area (Å²) in [6.07, 6.45) is 5.33. The quantitative estimate of drug-likeness (QED) is 0.254. The second-order valence-electron chi connectivity index (χ2n) is 9.52. The number of rotatable bonds is 11. The highest BCUT2D eigenvalue weighted by molar-refractivity contribution is 6.32. The lowest BCUT2D eigenvalue weighted by molar-refractivity contribution is -0.192. The first-order chi connectivity index (χ1) is 19.0. The lowest BCUT2D eigenvalue weighted by atomic mass is 10.1. The number of nitrogens with zero attached hydrogens (tertiary/aromatic N) is 5. The zero-order valence-corrected chi connectivity index (χ0v) is 23.3. The SMILES string of the molecule is CCCCCCN(C)Cc1ccc(C(=O)NN(c2nc(C#N)ncc2Cl)C2CCCC2)cc1.O=C(O)C(F)(F)F. The molecule has 1 heterocycles. The average Bonchev–Trinajstić information content (AvgIpc) is 3.45. The number of amides is 1. The Balaban J connectivity index is 0.000000708. The van der Waals surface area contributed by atoms with Crippen molar-refractivity contribution in [2.45, 2.75) is 77.1 Å². The van der Waals surface area contributed by atoms with Crippen molar-refractivity contribution in [2.75, 3.05) is 18.6 Å². The number of unbranched alkanes of at least 4 members (excludes halogenated alkanes) is 3. The molecule has 3 rings (SSSR count). The van der Waals surface area contributed by atoms with Crippen LogP contribution in [0.3, 0.4) is 0 Å². The molecule has 1 aromatic heterocycles. The van der Waals surface area contributed by atoms with Crippen molar-refractivity contribution in [3.8, 4) is 6.07 Å². The number of carbonyl (C=O) groups is 2. The van der Waals surface area contributed by atoms with E-state index in [9.17, 15) is 23.2 Å². The fourth-order valence-electron chi connectivity index (χ4n) is 4.20. The maximum absolute atomic E-state index is 13.1. The first-order valence-electron chi connectivity index (χ1n) is 13.1. The fourth-order valence-corrected chi connectivity index (χ4v) is 4.38. The molecular formula is C27H34ClF3N6O3. The molecular weight excluding hydrogens is 549 g/mol. The largest absolute Gasteiger partial charge is 0.490 e. The number of anilines is 1. The van der Waals surface area contributed by atoms with Gasteiger partial charge in [0.1, 0.15) is 11.1 Å². The number of nitrogens with one attached hydrogen (secondary N) is 1. The van der Waals surface area contributed by atoms with Crippen molar-refractivity contribution in [3.05, 3.63) is 52.4 Å². The highest BCUT2D eigenvalue weighted by Gasteiger charge is 2.38. The molecule has 1 fully saturated rings. The van der Waals surface area contributed by atoms with Crippen LogP contribution in [0.5, 0.6) is 0 Å². The Hall–Kier alpha value is -3.43. The third-order valence-electron chi connectivity index (χ3n) is 6.27. The molecule has 0 radical (unpaired) electrons. The Bertz CT molecular complexity index is 1150. The van der Waals surface area contributed by atoms with E-state index >= 15 is 0 Å². The van der Waals surface area contributed by atoms with E-state index in [1.54, 1.807) is 5.01 Å². The summed E-state index contributed by atoms with van der Waals surface area (Å²) < 4.78 is 31.7. The molecule has 13 heteroatoms. The number of carboxylic acid groups (broad SMARTS) is 1. The Morgan fingerprint density at radius 3 is 2.35 bits per heavy atom. The van der Waals surface area contributed by atoms with Crippen molar-refractivity contribution in [1.82, 2.24) is 20.3 Å². The van der Waals surface area contributed by atoms with Gasteiger partial charge in [0.05, 0.1) is 12.2 Å². The van der Waals surface area contributed by atoms with Crippen LogP contribution in [0.4, 0.5) is 19.0 Å². The molecule has 1 aliphatic carbocycles. The van der Waals surface area contributed by atoms with Crippen LogP contribution in [0.2, 0.25) is 5.02 Å². The Morgan fingerprint density at radius 2 is 1.80 bits per heavy atom. The minimum Gasteiger partial charge on any atom is -0.475 e. The number of carbonyl (C=O) groups excluding carboxylic acids is 1. The van der Waals surface area contributed by atoms with E-state index in [1.165, 1.54) is 37.4 Å². The number of hydrogen-bond acceptors (Lipinski definition) is 7. The molecule has 40 heavy (non-hydrogen) atoms. The van der Waals surface area contributed by atoms with Crippen LogP contribution in [0.15, 0.2) is 30.5 Å². The maximum Gasteiger partial charge on any atom is 0.490 e. The molecule has 1 aliphatic rings. The molecule has 0 unspecified atom stereocenters. The van der Waals surface area contributed by atoms with Crippen LogP contribution in [0.1, 0.15) is 80.0 Å². The third-order valence-corrected chi connectivity index (χ3v) is 6.54. The molecule has 218 valence electrons. The number of aliphatic carboxylic acids is 1. The minimum atomic E-state index is -5.08. The van der Waals surface area contributed by atoms with Crippen LogP contribution >= 0.6 is 11.6 Å². The summed E-state index contributed by atoms with van der Waals surface area (Å²) in [5.41, 5.74) is 4.73. The first-order valence-corrected chi connectivity index (χ1v) is 13.4. The monoisotopic (exact) mass is 582 g/mol. The number of alkyl halides is 3. The van der Waals surface area contributed by atoms with Crippen molar-refractivity contribution < 1.29 is 27.9 Å². The molecule has 9 nitrogen and oxygen atoms in total. The zero-order chi connectivity index (χ0) is 29.7. The average molecular weight is 583 g/mol. The van der Waals surface area contributed by atoms with Gasteiger partial charge in [-0.15, -0.1) is 0 Å². The van der Waals surface area contributed by atoms with E-state index in [4.69, 9.17) is 21.5 Å². The molecule has 1 saturated carbocycles. The molecule has 0 atom stereocenters. The summed E-state index contributed by atoms with van der Waals surface area (Å²) in [7, 11) is 2.13. The third kappa shape index (κ3) is 10.6. The van der Waals surface area contributed by atoms with Crippen molar-refractivity contribution in [3.63, 3.8) is 0 Å². The van der Waals surface area contributed by atoms with Crippen LogP contribution in [0, 0.1) is 11.3 Å². The lowest BCUT2D eigenvalue weighted by Gasteiger charge is -2.30. The topological polar surface area (TPSA) is 122 Å². The number of benzene rings is 1. The molecule has 0 spiro atoms. The molecule has 2 aromatic rings. The molecule has 2 N–H and O–H groups in total. The van der Waals surface area contributed by atoms with Gasteiger partial charge in [0.25, 0.3) is 5.91 Å². The molecule has 0 aliphatic heterocycles. The van der Waals surface area contributed by atoms with E-state index in [1.807, 2.05) is 30.3 Å². The maximum atomic E-state index is 13.1. The summed E-state index contributed by atoms with van der Waals surface area (Å²) in [5.74, 6) is -2.60. The van der Waals surface area contributed by atoms with Crippen LogP contribution in [-0.2, 0) is 11.3 Å². The van der Waals surface area contributed by atoms with Gasteiger partial charge < -0.3 is 10.0 Å². The number of hydrogen-bond donors (Lipinski definition) is 2. The smallest absolute Gasteiger partial charge is 0.475 e. The van der Waals surface area contributed by atoms with E-state index in [-0.39, 0.29) is 17.8 Å². The number of hydrazine groups is 1.